The Bertz CT molecular complexity index is 655. The van der Waals surface area contributed by atoms with E-state index < -0.39 is 0 Å². The summed E-state index contributed by atoms with van der Waals surface area (Å²) in [6.45, 7) is 0.210. The molecule has 0 radical (unpaired) electrons. The molecule has 0 atom stereocenters. The lowest BCUT2D eigenvalue weighted by Crippen LogP contribution is -2.46. The minimum atomic E-state index is -0.319. The summed E-state index contributed by atoms with van der Waals surface area (Å²) in [6.07, 6.45) is 5.15. The van der Waals surface area contributed by atoms with Gasteiger partial charge in [-0.05, 0) is 25.0 Å². The third kappa shape index (κ3) is 4.29. The monoisotopic (exact) mass is 345 g/mol. The molecule has 0 bridgehead atoms. The standard InChI is InChI=1S/C18H23N3O4/c22-16(19-20-18(24)13-6-2-1-3-7-13)10-11-21-14-8-4-5-9-15(14)25-12-17(21)23/h4-5,8-9,13H,1-3,6-7,10-12H2,(H,19,22)(H,20,24). The summed E-state index contributed by atoms with van der Waals surface area (Å²) < 4.78 is 5.37. The van der Waals surface area contributed by atoms with Crippen LogP contribution in [-0.2, 0) is 14.4 Å². The number of carbonyl (C=O) groups excluding carboxylic acids is 3. The Kier molecular flexibility index (Phi) is 5.53. The Morgan fingerprint density at radius 3 is 2.68 bits per heavy atom. The molecule has 3 rings (SSSR count). The van der Waals surface area contributed by atoms with Gasteiger partial charge in [0.2, 0.25) is 11.8 Å². The van der Waals surface area contributed by atoms with Gasteiger partial charge in [-0.3, -0.25) is 25.2 Å². The highest BCUT2D eigenvalue weighted by molar-refractivity contribution is 5.98. The second-order valence-electron chi connectivity index (χ2n) is 6.42. The molecule has 2 N–H and O–H groups in total. The zero-order chi connectivity index (χ0) is 17.6. The van der Waals surface area contributed by atoms with E-state index >= 15 is 0 Å². The summed E-state index contributed by atoms with van der Waals surface area (Å²) in [6, 6.07) is 7.23. The number of hydrogen-bond donors (Lipinski definition) is 2. The molecule has 134 valence electrons. The van der Waals surface area contributed by atoms with Gasteiger partial charge in [0.25, 0.3) is 5.91 Å². The van der Waals surface area contributed by atoms with Gasteiger partial charge >= 0.3 is 0 Å². The van der Waals surface area contributed by atoms with Gasteiger partial charge in [0.1, 0.15) is 5.75 Å². The van der Waals surface area contributed by atoms with Crippen molar-refractivity contribution in [2.24, 2.45) is 5.92 Å². The summed E-state index contributed by atoms with van der Waals surface area (Å²) in [5.74, 6) is -0.00521. The first-order chi connectivity index (χ1) is 12.1. The Hall–Kier alpha value is -2.57. The summed E-state index contributed by atoms with van der Waals surface area (Å²) in [7, 11) is 0. The van der Waals surface area contributed by atoms with Crippen molar-refractivity contribution in [2.75, 3.05) is 18.1 Å². The van der Waals surface area contributed by atoms with Crippen molar-refractivity contribution in [3.63, 3.8) is 0 Å². The number of anilines is 1. The molecule has 1 aliphatic heterocycles. The molecule has 1 heterocycles. The highest BCUT2D eigenvalue weighted by Crippen LogP contribution is 2.31. The average Bonchev–Trinajstić information content (AvgIpc) is 2.66. The van der Waals surface area contributed by atoms with E-state index in [-0.39, 0.29) is 43.2 Å². The summed E-state index contributed by atoms with van der Waals surface area (Å²) in [5.41, 5.74) is 5.62. The molecule has 3 amide bonds. The van der Waals surface area contributed by atoms with Gasteiger partial charge in [-0.2, -0.15) is 0 Å². The lowest BCUT2D eigenvalue weighted by molar-refractivity contribution is -0.132. The minimum absolute atomic E-state index is 0.0123. The number of fused-ring (bicyclic) bond motifs is 1. The molecule has 0 aromatic heterocycles. The van der Waals surface area contributed by atoms with Crippen LogP contribution in [0.2, 0.25) is 0 Å². The van der Waals surface area contributed by atoms with Crippen LogP contribution in [0.5, 0.6) is 5.75 Å². The molecule has 25 heavy (non-hydrogen) atoms. The predicted octanol–water partition coefficient (Wildman–Crippen LogP) is 1.53. The van der Waals surface area contributed by atoms with E-state index in [2.05, 4.69) is 10.9 Å². The van der Waals surface area contributed by atoms with Crippen molar-refractivity contribution in [2.45, 2.75) is 38.5 Å². The predicted molar refractivity (Wildman–Crippen MR) is 91.8 cm³/mol. The maximum Gasteiger partial charge on any atom is 0.265 e. The first-order valence-electron chi connectivity index (χ1n) is 8.76. The van der Waals surface area contributed by atoms with Gasteiger partial charge in [-0.25, -0.2) is 0 Å². The van der Waals surface area contributed by atoms with E-state index in [4.69, 9.17) is 4.74 Å². The van der Waals surface area contributed by atoms with Crippen LogP contribution in [0.15, 0.2) is 24.3 Å². The lowest BCUT2D eigenvalue weighted by atomic mass is 9.89. The number of hydrazine groups is 1. The van der Waals surface area contributed by atoms with E-state index in [0.29, 0.717) is 11.4 Å². The summed E-state index contributed by atoms with van der Waals surface area (Å²) >= 11 is 0. The molecule has 1 aromatic carbocycles. The van der Waals surface area contributed by atoms with Crippen molar-refractivity contribution in [1.29, 1.82) is 0 Å². The van der Waals surface area contributed by atoms with Crippen LogP contribution in [0.3, 0.4) is 0 Å². The molecule has 0 saturated heterocycles. The Morgan fingerprint density at radius 1 is 1.12 bits per heavy atom. The number of ether oxygens (including phenoxy) is 1. The number of nitrogens with zero attached hydrogens (tertiary/aromatic N) is 1. The topological polar surface area (TPSA) is 87.7 Å². The van der Waals surface area contributed by atoms with Gasteiger partial charge in [0, 0.05) is 18.9 Å². The van der Waals surface area contributed by atoms with Gasteiger partial charge in [0.05, 0.1) is 5.69 Å². The Labute approximate surface area is 146 Å². The number of amides is 3. The number of para-hydroxylation sites is 2. The van der Waals surface area contributed by atoms with Crippen LogP contribution < -0.4 is 20.5 Å². The molecular weight excluding hydrogens is 322 g/mol. The fourth-order valence-corrected chi connectivity index (χ4v) is 3.27. The van der Waals surface area contributed by atoms with Crippen LogP contribution in [-0.4, -0.2) is 30.9 Å². The highest BCUT2D eigenvalue weighted by atomic mass is 16.5. The molecule has 1 saturated carbocycles. The second-order valence-corrected chi connectivity index (χ2v) is 6.42. The third-order valence-electron chi connectivity index (χ3n) is 4.67. The number of nitrogens with one attached hydrogen (secondary N) is 2. The van der Waals surface area contributed by atoms with Crippen LogP contribution >= 0.6 is 0 Å². The zero-order valence-electron chi connectivity index (χ0n) is 14.1. The van der Waals surface area contributed by atoms with E-state index in [0.717, 1.165) is 25.7 Å². The van der Waals surface area contributed by atoms with Gasteiger partial charge in [-0.1, -0.05) is 31.4 Å². The van der Waals surface area contributed by atoms with E-state index in [1.54, 1.807) is 17.0 Å². The third-order valence-corrected chi connectivity index (χ3v) is 4.67. The van der Waals surface area contributed by atoms with E-state index in [9.17, 15) is 14.4 Å². The molecule has 1 fully saturated rings. The summed E-state index contributed by atoms with van der Waals surface area (Å²) in [5, 5.41) is 0. The SMILES string of the molecule is O=C(CCN1C(=O)COc2ccccc21)NNC(=O)C1CCCCC1. The fraction of sp³-hybridized carbons (Fsp3) is 0.500. The van der Waals surface area contributed by atoms with Crippen molar-refractivity contribution in [3.05, 3.63) is 24.3 Å². The molecule has 2 aliphatic rings. The first-order valence-corrected chi connectivity index (χ1v) is 8.76. The number of carbonyl (C=O) groups is 3. The largest absolute Gasteiger partial charge is 0.482 e. The molecule has 1 aliphatic carbocycles. The Morgan fingerprint density at radius 2 is 1.88 bits per heavy atom. The Balaban J connectivity index is 1.47. The van der Waals surface area contributed by atoms with Crippen LogP contribution in [0.1, 0.15) is 38.5 Å². The summed E-state index contributed by atoms with van der Waals surface area (Å²) in [4.78, 5) is 37.6. The molecule has 0 spiro atoms. The van der Waals surface area contributed by atoms with Crippen LogP contribution in [0, 0.1) is 5.92 Å². The fourth-order valence-electron chi connectivity index (χ4n) is 3.27. The second kappa shape index (κ2) is 8.00. The highest BCUT2D eigenvalue weighted by Gasteiger charge is 2.26. The maximum absolute atomic E-state index is 12.0. The molecular formula is C18H23N3O4. The maximum atomic E-state index is 12.0. The van der Waals surface area contributed by atoms with Crippen LogP contribution in [0.25, 0.3) is 0 Å². The smallest absolute Gasteiger partial charge is 0.265 e. The average molecular weight is 345 g/mol. The van der Waals surface area contributed by atoms with Crippen molar-refractivity contribution < 1.29 is 19.1 Å². The minimum Gasteiger partial charge on any atom is -0.482 e. The molecule has 0 unspecified atom stereocenters. The van der Waals surface area contributed by atoms with E-state index in [1.165, 1.54) is 6.42 Å². The van der Waals surface area contributed by atoms with Crippen molar-refractivity contribution in [1.82, 2.24) is 10.9 Å². The van der Waals surface area contributed by atoms with Crippen LogP contribution in [0.4, 0.5) is 5.69 Å². The molecule has 1 aromatic rings. The number of hydrogen-bond acceptors (Lipinski definition) is 4. The number of benzene rings is 1. The van der Waals surface area contributed by atoms with Crippen molar-refractivity contribution >= 4 is 23.4 Å². The molecule has 7 nitrogen and oxygen atoms in total. The molecule has 7 heteroatoms. The first kappa shape index (κ1) is 17.3. The van der Waals surface area contributed by atoms with Gasteiger partial charge < -0.3 is 9.64 Å². The number of rotatable bonds is 4. The normalized spacial score (nSPS) is 17.4. The lowest BCUT2D eigenvalue weighted by Gasteiger charge is -2.29. The van der Waals surface area contributed by atoms with Crippen molar-refractivity contribution in [3.8, 4) is 5.75 Å². The van der Waals surface area contributed by atoms with Gasteiger partial charge in [-0.15, -0.1) is 0 Å². The van der Waals surface area contributed by atoms with E-state index in [1.807, 2.05) is 12.1 Å². The zero-order valence-corrected chi connectivity index (χ0v) is 14.1. The quantitative estimate of drug-likeness (QED) is 0.810. The van der Waals surface area contributed by atoms with Gasteiger partial charge in [0.15, 0.2) is 6.61 Å².